The first-order chi connectivity index (χ1) is 6.70. The highest BCUT2D eigenvalue weighted by Gasteiger charge is 2.19. The number of rotatable bonds is 6. The van der Waals surface area contributed by atoms with Crippen LogP contribution in [0.4, 0.5) is 0 Å². The summed E-state index contributed by atoms with van der Waals surface area (Å²) in [5.74, 6) is 0.973. The predicted molar refractivity (Wildman–Crippen MR) is 57.9 cm³/mol. The van der Waals surface area contributed by atoms with Crippen LogP contribution < -0.4 is 11.1 Å². The fourth-order valence-corrected chi connectivity index (χ4v) is 1.24. The standard InChI is InChI=1S/C11H20N2O/c1-3-11(2,8-12)9-13-7-10-5-4-6-14-10/h4-6,13H,3,7-9,12H2,1-2H3. The number of furan rings is 1. The van der Waals surface area contributed by atoms with Crippen molar-refractivity contribution >= 4 is 0 Å². The normalized spacial score (nSPS) is 15.4. The monoisotopic (exact) mass is 196 g/mol. The molecule has 0 aromatic carbocycles. The Morgan fingerprint density at radius 1 is 1.57 bits per heavy atom. The minimum absolute atomic E-state index is 0.201. The molecule has 0 saturated heterocycles. The van der Waals surface area contributed by atoms with Gasteiger partial charge in [0, 0.05) is 6.54 Å². The molecular weight excluding hydrogens is 176 g/mol. The highest BCUT2D eigenvalue weighted by atomic mass is 16.3. The van der Waals surface area contributed by atoms with Crippen LogP contribution in [-0.2, 0) is 6.54 Å². The molecule has 0 amide bonds. The zero-order valence-electron chi connectivity index (χ0n) is 9.05. The number of nitrogens with one attached hydrogen (secondary N) is 1. The Labute approximate surface area is 85.7 Å². The number of nitrogens with two attached hydrogens (primary N) is 1. The van der Waals surface area contributed by atoms with Crippen molar-refractivity contribution in [3.63, 3.8) is 0 Å². The van der Waals surface area contributed by atoms with E-state index in [0.717, 1.165) is 25.3 Å². The Balaban J connectivity index is 2.27. The van der Waals surface area contributed by atoms with Crippen molar-refractivity contribution in [2.75, 3.05) is 13.1 Å². The lowest BCUT2D eigenvalue weighted by atomic mass is 9.88. The van der Waals surface area contributed by atoms with Gasteiger partial charge in [-0.2, -0.15) is 0 Å². The molecular formula is C11H20N2O. The second-order valence-corrected chi connectivity index (χ2v) is 4.05. The molecule has 80 valence electrons. The predicted octanol–water partition coefficient (Wildman–Crippen LogP) is 1.74. The smallest absolute Gasteiger partial charge is 0.117 e. The molecule has 0 bridgehead atoms. The minimum atomic E-state index is 0.201. The Morgan fingerprint density at radius 2 is 2.36 bits per heavy atom. The summed E-state index contributed by atoms with van der Waals surface area (Å²) in [6.07, 6.45) is 2.79. The van der Waals surface area contributed by atoms with E-state index < -0.39 is 0 Å². The summed E-state index contributed by atoms with van der Waals surface area (Å²) in [5.41, 5.74) is 5.91. The third kappa shape index (κ3) is 3.16. The molecule has 1 rings (SSSR count). The molecule has 1 atom stereocenters. The molecule has 1 unspecified atom stereocenters. The lowest BCUT2D eigenvalue weighted by Crippen LogP contribution is -2.37. The third-order valence-electron chi connectivity index (χ3n) is 2.78. The van der Waals surface area contributed by atoms with E-state index in [9.17, 15) is 0 Å². The lowest BCUT2D eigenvalue weighted by Gasteiger charge is -2.26. The van der Waals surface area contributed by atoms with Crippen LogP contribution in [0.5, 0.6) is 0 Å². The van der Waals surface area contributed by atoms with Gasteiger partial charge in [0.1, 0.15) is 5.76 Å². The number of hydrogen-bond acceptors (Lipinski definition) is 3. The first kappa shape index (κ1) is 11.3. The molecule has 0 aliphatic heterocycles. The van der Waals surface area contributed by atoms with E-state index in [1.54, 1.807) is 6.26 Å². The van der Waals surface area contributed by atoms with Gasteiger partial charge in [-0.15, -0.1) is 0 Å². The van der Waals surface area contributed by atoms with Gasteiger partial charge in [-0.1, -0.05) is 13.8 Å². The maximum Gasteiger partial charge on any atom is 0.117 e. The van der Waals surface area contributed by atoms with Crippen molar-refractivity contribution in [2.45, 2.75) is 26.8 Å². The summed E-state index contributed by atoms with van der Waals surface area (Å²) >= 11 is 0. The van der Waals surface area contributed by atoms with Crippen LogP contribution in [0.1, 0.15) is 26.0 Å². The molecule has 1 aromatic heterocycles. The topological polar surface area (TPSA) is 51.2 Å². The zero-order valence-corrected chi connectivity index (χ0v) is 9.05. The first-order valence-electron chi connectivity index (χ1n) is 5.13. The van der Waals surface area contributed by atoms with Gasteiger partial charge in [0.2, 0.25) is 0 Å². The maximum atomic E-state index is 5.71. The van der Waals surface area contributed by atoms with E-state index in [1.807, 2.05) is 12.1 Å². The van der Waals surface area contributed by atoms with Crippen molar-refractivity contribution in [2.24, 2.45) is 11.1 Å². The maximum absolute atomic E-state index is 5.71. The van der Waals surface area contributed by atoms with Crippen molar-refractivity contribution in [1.82, 2.24) is 5.32 Å². The molecule has 3 heteroatoms. The number of hydrogen-bond donors (Lipinski definition) is 2. The van der Waals surface area contributed by atoms with Crippen molar-refractivity contribution in [3.05, 3.63) is 24.2 Å². The van der Waals surface area contributed by atoms with Gasteiger partial charge in [-0.05, 0) is 30.5 Å². The molecule has 0 fully saturated rings. The van der Waals surface area contributed by atoms with Gasteiger partial charge >= 0.3 is 0 Å². The zero-order chi connectivity index (χ0) is 10.4. The van der Waals surface area contributed by atoms with Gasteiger partial charge in [0.25, 0.3) is 0 Å². The largest absolute Gasteiger partial charge is 0.468 e. The quantitative estimate of drug-likeness (QED) is 0.728. The van der Waals surface area contributed by atoms with Gasteiger partial charge in [0.15, 0.2) is 0 Å². The van der Waals surface area contributed by atoms with E-state index in [0.29, 0.717) is 6.54 Å². The lowest BCUT2D eigenvalue weighted by molar-refractivity contribution is 0.298. The van der Waals surface area contributed by atoms with Crippen molar-refractivity contribution < 1.29 is 4.42 Å². The fraction of sp³-hybridized carbons (Fsp3) is 0.636. The van der Waals surface area contributed by atoms with Gasteiger partial charge in [0.05, 0.1) is 12.8 Å². The Bertz CT molecular complexity index is 240. The van der Waals surface area contributed by atoms with Gasteiger partial charge in [-0.3, -0.25) is 0 Å². The van der Waals surface area contributed by atoms with Crippen LogP contribution in [0, 0.1) is 5.41 Å². The van der Waals surface area contributed by atoms with Gasteiger partial charge in [-0.25, -0.2) is 0 Å². The SMILES string of the molecule is CCC(C)(CN)CNCc1ccco1. The molecule has 0 radical (unpaired) electrons. The Morgan fingerprint density at radius 3 is 2.86 bits per heavy atom. The van der Waals surface area contributed by atoms with E-state index in [1.165, 1.54) is 0 Å². The first-order valence-corrected chi connectivity index (χ1v) is 5.13. The molecule has 0 saturated carbocycles. The molecule has 1 aromatic rings. The van der Waals surface area contributed by atoms with E-state index in [4.69, 9.17) is 10.2 Å². The summed E-state index contributed by atoms with van der Waals surface area (Å²) in [6, 6.07) is 3.87. The summed E-state index contributed by atoms with van der Waals surface area (Å²) in [4.78, 5) is 0. The van der Waals surface area contributed by atoms with Crippen molar-refractivity contribution in [1.29, 1.82) is 0 Å². The van der Waals surface area contributed by atoms with E-state index in [2.05, 4.69) is 19.2 Å². The highest BCUT2D eigenvalue weighted by molar-refractivity contribution is 4.97. The second-order valence-electron chi connectivity index (χ2n) is 4.05. The average Bonchev–Trinajstić information content (AvgIpc) is 2.70. The molecule has 0 aliphatic rings. The minimum Gasteiger partial charge on any atom is -0.468 e. The van der Waals surface area contributed by atoms with Crippen LogP contribution in [0.15, 0.2) is 22.8 Å². The van der Waals surface area contributed by atoms with Crippen LogP contribution in [0.2, 0.25) is 0 Å². The average molecular weight is 196 g/mol. The van der Waals surface area contributed by atoms with Crippen LogP contribution in [0.3, 0.4) is 0 Å². The summed E-state index contributed by atoms with van der Waals surface area (Å²) < 4.78 is 5.22. The van der Waals surface area contributed by atoms with Crippen molar-refractivity contribution in [3.8, 4) is 0 Å². The molecule has 3 nitrogen and oxygen atoms in total. The van der Waals surface area contributed by atoms with Crippen LogP contribution >= 0.6 is 0 Å². The van der Waals surface area contributed by atoms with Gasteiger partial charge < -0.3 is 15.5 Å². The van der Waals surface area contributed by atoms with Crippen LogP contribution in [-0.4, -0.2) is 13.1 Å². The Kier molecular flexibility index (Phi) is 4.17. The highest BCUT2D eigenvalue weighted by Crippen LogP contribution is 2.17. The summed E-state index contributed by atoms with van der Waals surface area (Å²) in [5, 5.41) is 3.36. The third-order valence-corrected chi connectivity index (χ3v) is 2.78. The molecule has 0 aliphatic carbocycles. The second kappa shape index (κ2) is 5.17. The van der Waals surface area contributed by atoms with Crippen LogP contribution in [0.25, 0.3) is 0 Å². The summed E-state index contributed by atoms with van der Waals surface area (Å²) in [7, 11) is 0. The Hall–Kier alpha value is -0.800. The van der Waals surface area contributed by atoms with E-state index in [-0.39, 0.29) is 5.41 Å². The fourth-order valence-electron chi connectivity index (χ4n) is 1.24. The summed E-state index contributed by atoms with van der Waals surface area (Å²) in [6.45, 7) is 6.79. The molecule has 1 heterocycles. The molecule has 3 N–H and O–H groups in total. The molecule has 14 heavy (non-hydrogen) atoms. The molecule has 0 spiro atoms. The van der Waals surface area contributed by atoms with E-state index >= 15 is 0 Å².